The molecule has 3 aromatic rings. The van der Waals surface area contributed by atoms with E-state index in [0.717, 1.165) is 28.6 Å². The van der Waals surface area contributed by atoms with Gasteiger partial charge >= 0.3 is 5.97 Å². The SMILES string of the molecule is CCOC(=O)Cc1c(Cc2ccccc2)nc(N2CCOCC2)n1-c1ccc(F)cc1. The molecule has 0 saturated carbocycles. The van der Waals surface area contributed by atoms with Crippen LogP contribution >= 0.6 is 0 Å². The standard InChI is InChI=1S/C24H26FN3O3/c1-2-31-23(29)17-22-21(16-18-6-4-3-5-7-18)26-24(27-12-14-30-15-13-27)28(22)20-10-8-19(25)9-11-20/h3-11H,2,12-17H2,1H3. The third kappa shape index (κ3) is 4.94. The van der Waals surface area contributed by atoms with E-state index in [0.29, 0.717) is 39.3 Å². The molecule has 0 amide bonds. The van der Waals surface area contributed by atoms with Crippen LogP contribution < -0.4 is 4.90 Å². The highest BCUT2D eigenvalue weighted by Crippen LogP contribution is 2.28. The molecule has 0 aliphatic carbocycles. The van der Waals surface area contributed by atoms with Gasteiger partial charge in [0, 0.05) is 25.2 Å². The largest absolute Gasteiger partial charge is 0.466 e. The summed E-state index contributed by atoms with van der Waals surface area (Å²) in [5.41, 5.74) is 3.43. The lowest BCUT2D eigenvalue weighted by Gasteiger charge is -2.28. The Labute approximate surface area is 181 Å². The lowest BCUT2D eigenvalue weighted by atomic mass is 10.1. The molecule has 1 aliphatic heterocycles. The zero-order valence-corrected chi connectivity index (χ0v) is 17.6. The van der Waals surface area contributed by atoms with E-state index in [1.54, 1.807) is 19.1 Å². The summed E-state index contributed by atoms with van der Waals surface area (Å²) in [4.78, 5) is 19.6. The highest BCUT2D eigenvalue weighted by atomic mass is 19.1. The Hall–Kier alpha value is -3.19. The van der Waals surface area contributed by atoms with Crippen LogP contribution in [0.2, 0.25) is 0 Å². The summed E-state index contributed by atoms with van der Waals surface area (Å²) in [6, 6.07) is 16.3. The van der Waals surface area contributed by atoms with Gasteiger partial charge < -0.3 is 14.4 Å². The van der Waals surface area contributed by atoms with Crippen LogP contribution in [0.15, 0.2) is 54.6 Å². The van der Waals surface area contributed by atoms with Gasteiger partial charge in [-0.05, 0) is 36.8 Å². The molecule has 1 aliphatic rings. The first-order valence-corrected chi connectivity index (χ1v) is 10.5. The van der Waals surface area contributed by atoms with Gasteiger partial charge in [-0.15, -0.1) is 0 Å². The fourth-order valence-corrected chi connectivity index (χ4v) is 3.78. The molecule has 2 heterocycles. The van der Waals surface area contributed by atoms with Gasteiger partial charge in [0.1, 0.15) is 5.82 Å². The lowest BCUT2D eigenvalue weighted by molar-refractivity contribution is -0.142. The summed E-state index contributed by atoms with van der Waals surface area (Å²) in [7, 11) is 0. The molecule has 0 N–H and O–H groups in total. The Kier molecular flexibility index (Phi) is 6.62. The first kappa shape index (κ1) is 21.1. The van der Waals surface area contributed by atoms with Crippen molar-refractivity contribution in [2.24, 2.45) is 0 Å². The average Bonchev–Trinajstić information content (AvgIpc) is 3.13. The van der Waals surface area contributed by atoms with Crippen LogP contribution in [-0.2, 0) is 27.1 Å². The van der Waals surface area contributed by atoms with Gasteiger partial charge in [-0.25, -0.2) is 9.37 Å². The number of benzene rings is 2. The Bertz CT molecular complexity index is 1010. The van der Waals surface area contributed by atoms with Crippen LogP contribution in [0.3, 0.4) is 0 Å². The van der Waals surface area contributed by atoms with E-state index in [1.165, 1.54) is 12.1 Å². The molecule has 31 heavy (non-hydrogen) atoms. The number of hydrogen-bond acceptors (Lipinski definition) is 5. The minimum Gasteiger partial charge on any atom is -0.466 e. The second-order valence-electron chi connectivity index (χ2n) is 7.36. The monoisotopic (exact) mass is 423 g/mol. The number of imidazole rings is 1. The van der Waals surface area contributed by atoms with Crippen molar-refractivity contribution in [3.05, 3.63) is 77.4 Å². The molecule has 7 heteroatoms. The fraction of sp³-hybridized carbons (Fsp3) is 0.333. The molecule has 0 radical (unpaired) electrons. The van der Waals surface area contributed by atoms with Crippen LogP contribution in [0.25, 0.3) is 5.69 Å². The number of morpholine rings is 1. The molecule has 0 bridgehead atoms. The Morgan fingerprint density at radius 1 is 1.10 bits per heavy atom. The Morgan fingerprint density at radius 3 is 2.48 bits per heavy atom. The molecule has 1 aromatic heterocycles. The maximum atomic E-state index is 13.6. The van der Waals surface area contributed by atoms with E-state index >= 15 is 0 Å². The predicted octanol–water partition coefficient (Wildman–Crippen LogP) is 3.54. The van der Waals surface area contributed by atoms with Gasteiger partial charge in [-0.3, -0.25) is 9.36 Å². The number of rotatable bonds is 7. The van der Waals surface area contributed by atoms with Gasteiger partial charge in [-0.2, -0.15) is 0 Å². The fourth-order valence-electron chi connectivity index (χ4n) is 3.78. The summed E-state index contributed by atoms with van der Waals surface area (Å²) in [6.45, 7) is 4.71. The highest BCUT2D eigenvalue weighted by Gasteiger charge is 2.26. The van der Waals surface area contributed by atoms with Crippen LogP contribution in [0.4, 0.5) is 10.3 Å². The molecule has 1 fully saturated rings. The predicted molar refractivity (Wildman–Crippen MR) is 116 cm³/mol. The summed E-state index contributed by atoms with van der Waals surface area (Å²) >= 11 is 0. The van der Waals surface area contributed by atoms with Gasteiger partial charge in [0.15, 0.2) is 0 Å². The van der Waals surface area contributed by atoms with Crippen LogP contribution in [0, 0.1) is 5.82 Å². The van der Waals surface area contributed by atoms with E-state index in [9.17, 15) is 9.18 Å². The van der Waals surface area contributed by atoms with Gasteiger partial charge in [-0.1, -0.05) is 30.3 Å². The van der Waals surface area contributed by atoms with E-state index in [-0.39, 0.29) is 18.2 Å². The molecule has 1 saturated heterocycles. The first-order valence-electron chi connectivity index (χ1n) is 10.5. The van der Waals surface area contributed by atoms with Crippen molar-refractivity contribution in [1.29, 1.82) is 0 Å². The Balaban J connectivity index is 1.84. The average molecular weight is 423 g/mol. The number of nitrogens with zero attached hydrogens (tertiary/aromatic N) is 3. The molecular weight excluding hydrogens is 397 g/mol. The van der Waals surface area contributed by atoms with Crippen molar-refractivity contribution in [2.75, 3.05) is 37.8 Å². The third-order valence-electron chi connectivity index (χ3n) is 5.25. The highest BCUT2D eigenvalue weighted by molar-refractivity contribution is 5.73. The number of carbonyl (C=O) groups is 1. The molecule has 4 rings (SSSR count). The minimum atomic E-state index is -0.312. The molecule has 0 spiro atoms. The second-order valence-corrected chi connectivity index (χ2v) is 7.36. The Morgan fingerprint density at radius 2 is 1.81 bits per heavy atom. The zero-order valence-electron chi connectivity index (χ0n) is 17.6. The first-order chi connectivity index (χ1) is 15.2. The lowest BCUT2D eigenvalue weighted by Crippen LogP contribution is -2.38. The summed E-state index contributed by atoms with van der Waals surface area (Å²) < 4.78 is 26.3. The summed E-state index contributed by atoms with van der Waals surface area (Å²) in [5, 5.41) is 0. The normalized spacial score (nSPS) is 13.9. The minimum absolute atomic E-state index is 0.0880. The molecule has 0 atom stereocenters. The number of anilines is 1. The van der Waals surface area contributed by atoms with E-state index in [4.69, 9.17) is 14.5 Å². The van der Waals surface area contributed by atoms with Gasteiger partial charge in [0.2, 0.25) is 5.95 Å². The van der Waals surface area contributed by atoms with Crippen LogP contribution in [0.1, 0.15) is 23.9 Å². The number of aromatic nitrogens is 2. The summed E-state index contributed by atoms with van der Waals surface area (Å²) in [6.07, 6.45) is 0.672. The molecule has 0 unspecified atom stereocenters. The van der Waals surface area contributed by atoms with Crippen molar-refractivity contribution >= 4 is 11.9 Å². The number of halogens is 1. The number of hydrogen-bond donors (Lipinski definition) is 0. The van der Waals surface area contributed by atoms with Crippen molar-refractivity contribution in [3.8, 4) is 5.69 Å². The maximum Gasteiger partial charge on any atom is 0.311 e. The van der Waals surface area contributed by atoms with Crippen molar-refractivity contribution < 1.29 is 18.7 Å². The number of ether oxygens (including phenoxy) is 2. The van der Waals surface area contributed by atoms with E-state index in [2.05, 4.69) is 4.90 Å². The topological polar surface area (TPSA) is 56.6 Å². The second kappa shape index (κ2) is 9.75. The molecule has 2 aromatic carbocycles. The van der Waals surface area contributed by atoms with E-state index < -0.39 is 0 Å². The molecule has 6 nitrogen and oxygen atoms in total. The van der Waals surface area contributed by atoms with Crippen molar-refractivity contribution in [2.45, 2.75) is 19.8 Å². The summed E-state index contributed by atoms with van der Waals surface area (Å²) in [5.74, 6) is 0.113. The van der Waals surface area contributed by atoms with Crippen molar-refractivity contribution in [1.82, 2.24) is 9.55 Å². The number of carbonyl (C=O) groups excluding carboxylic acids is 1. The van der Waals surface area contributed by atoms with Gasteiger partial charge in [0.25, 0.3) is 0 Å². The third-order valence-corrected chi connectivity index (χ3v) is 5.25. The number of esters is 1. The van der Waals surface area contributed by atoms with Crippen LogP contribution in [0.5, 0.6) is 0 Å². The van der Waals surface area contributed by atoms with Gasteiger partial charge in [0.05, 0.1) is 37.6 Å². The quantitative estimate of drug-likeness (QED) is 0.544. The molecule has 162 valence electrons. The van der Waals surface area contributed by atoms with Crippen LogP contribution in [-0.4, -0.2) is 48.4 Å². The van der Waals surface area contributed by atoms with Crippen molar-refractivity contribution in [3.63, 3.8) is 0 Å². The smallest absolute Gasteiger partial charge is 0.311 e. The van der Waals surface area contributed by atoms with E-state index in [1.807, 2.05) is 34.9 Å². The maximum absolute atomic E-state index is 13.6. The zero-order chi connectivity index (χ0) is 21.6. The molecular formula is C24H26FN3O3.